The largest absolute Gasteiger partial charge is 0.457 e. The van der Waals surface area contributed by atoms with Crippen molar-refractivity contribution in [3.63, 3.8) is 0 Å². The number of nitrogens with zero attached hydrogens (tertiary/aromatic N) is 1. The third-order valence-electron chi connectivity index (χ3n) is 2.68. The van der Waals surface area contributed by atoms with Crippen LogP contribution in [0.5, 0.6) is 11.5 Å². The van der Waals surface area contributed by atoms with Crippen LogP contribution in [0.3, 0.4) is 0 Å². The summed E-state index contributed by atoms with van der Waals surface area (Å²) in [6, 6.07) is 13.1. The maximum atomic E-state index is 6.87. The lowest BCUT2D eigenvalue weighted by Crippen LogP contribution is -1.86. The Morgan fingerprint density at radius 2 is 1.53 bits per heavy atom. The minimum Gasteiger partial charge on any atom is -0.457 e. The number of aryl methyl sites for hydroxylation is 2. The number of ether oxygens (including phenoxy) is 1. The van der Waals surface area contributed by atoms with Crippen molar-refractivity contribution in [2.75, 3.05) is 0 Å². The molecule has 2 nitrogen and oxygen atoms in total. The number of benzene rings is 2. The Morgan fingerprint density at radius 3 is 2.12 bits per heavy atom. The van der Waals surface area contributed by atoms with E-state index in [1.807, 2.05) is 30.3 Å². The van der Waals surface area contributed by atoms with E-state index in [0.29, 0.717) is 5.69 Å². The van der Waals surface area contributed by atoms with Gasteiger partial charge in [0.15, 0.2) is 5.69 Å². The predicted molar refractivity (Wildman–Crippen MR) is 68.7 cm³/mol. The van der Waals surface area contributed by atoms with Gasteiger partial charge >= 0.3 is 0 Å². The summed E-state index contributed by atoms with van der Waals surface area (Å²) in [7, 11) is 0. The van der Waals surface area contributed by atoms with Gasteiger partial charge in [0.25, 0.3) is 0 Å². The molecule has 0 unspecified atom stereocenters. The van der Waals surface area contributed by atoms with E-state index in [-0.39, 0.29) is 0 Å². The van der Waals surface area contributed by atoms with Crippen LogP contribution in [0.15, 0.2) is 42.5 Å². The fourth-order valence-electron chi connectivity index (χ4n) is 1.50. The zero-order chi connectivity index (χ0) is 12.3. The summed E-state index contributed by atoms with van der Waals surface area (Å²) in [5.41, 5.74) is 3.08. The number of rotatable bonds is 2. The molecule has 2 aromatic carbocycles. The Balaban J connectivity index is 2.20. The summed E-state index contributed by atoms with van der Waals surface area (Å²) in [5, 5.41) is 0. The van der Waals surface area contributed by atoms with Gasteiger partial charge in [-0.3, -0.25) is 0 Å². The molecular formula is C15H13NO. The van der Waals surface area contributed by atoms with Crippen LogP contribution in [0.4, 0.5) is 5.69 Å². The summed E-state index contributed by atoms with van der Waals surface area (Å²) < 4.78 is 5.71. The van der Waals surface area contributed by atoms with Gasteiger partial charge in [-0.25, -0.2) is 4.85 Å². The maximum Gasteiger partial charge on any atom is 0.187 e. The first kappa shape index (κ1) is 11.2. The van der Waals surface area contributed by atoms with E-state index in [1.54, 1.807) is 12.1 Å². The van der Waals surface area contributed by atoms with Crippen molar-refractivity contribution in [3.05, 3.63) is 65.0 Å². The molecule has 0 bridgehead atoms. The van der Waals surface area contributed by atoms with Crippen molar-refractivity contribution in [3.8, 4) is 11.5 Å². The summed E-state index contributed by atoms with van der Waals surface area (Å²) in [6.07, 6.45) is 0. The van der Waals surface area contributed by atoms with Crippen molar-refractivity contribution >= 4 is 5.69 Å². The highest BCUT2D eigenvalue weighted by molar-refractivity contribution is 5.48. The summed E-state index contributed by atoms with van der Waals surface area (Å²) >= 11 is 0. The van der Waals surface area contributed by atoms with E-state index in [4.69, 9.17) is 11.3 Å². The fraction of sp³-hybridized carbons (Fsp3) is 0.133. The molecule has 0 heterocycles. The first-order valence-electron chi connectivity index (χ1n) is 5.41. The molecule has 2 rings (SSSR count). The van der Waals surface area contributed by atoms with E-state index in [2.05, 4.69) is 18.7 Å². The molecule has 0 radical (unpaired) electrons. The molecule has 0 aliphatic rings. The molecule has 2 aromatic rings. The second-order valence-corrected chi connectivity index (χ2v) is 3.95. The third kappa shape index (κ3) is 2.64. The molecule has 0 fully saturated rings. The van der Waals surface area contributed by atoms with Crippen LogP contribution in [0, 0.1) is 20.4 Å². The molecule has 0 aliphatic carbocycles. The average Bonchev–Trinajstić information content (AvgIpc) is 2.35. The van der Waals surface area contributed by atoms with E-state index >= 15 is 0 Å². The molecule has 0 saturated carbocycles. The fourth-order valence-corrected chi connectivity index (χ4v) is 1.50. The Hall–Kier alpha value is -2.27. The van der Waals surface area contributed by atoms with Gasteiger partial charge in [0, 0.05) is 0 Å². The lowest BCUT2D eigenvalue weighted by atomic mass is 10.1. The second-order valence-electron chi connectivity index (χ2n) is 3.95. The van der Waals surface area contributed by atoms with Crippen LogP contribution in [0.25, 0.3) is 4.85 Å². The van der Waals surface area contributed by atoms with Crippen LogP contribution in [-0.2, 0) is 0 Å². The topological polar surface area (TPSA) is 13.6 Å². The Kier molecular flexibility index (Phi) is 3.11. The van der Waals surface area contributed by atoms with Gasteiger partial charge < -0.3 is 4.74 Å². The first-order valence-corrected chi connectivity index (χ1v) is 5.41. The highest BCUT2D eigenvalue weighted by Gasteiger charge is 1.99. The van der Waals surface area contributed by atoms with Crippen LogP contribution >= 0.6 is 0 Å². The van der Waals surface area contributed by atoms with Crippen LogP contribution in [0.1, 0.15) is 11.1 Å². The minimum absolute atomic E-state index is 0.623. The van der Waals surface area contributed by atoms with E-state index in [1.165, 1.54) is 11.1 Å². The second kappa shape index (κ2) is 4.71. The summed E-state index contributed by atoms with van der Waals surface area (Å²) in [5.74, 6) is 1.57. The lowest BCUT2D eigenvalue weighted by molar-refractivity contribution is 0.482. The Labute approximate surface area is 101 Å². The van der Waals surface area contributed by atoms with Gasteiger partial charge in [0.05, 0.1) is 6.57 Å². The number of hydrogen-bond acceptors (Lipinski definition) is 1. The molecular weight excluding hydrogens is 210 g/mol. The van der Waals surface area contributed by atoms with E-state index < -0.39 is 0 Å². The molecule has 2 heteroatoms. The van der Waals surface area contributed by atoms with Crippen molar-refractivity contribution in [1.29, 1.82) is 0 Å². The minimum atomic E-state index is 0.623. The molecule has 0 spiro atoms. The molecule has 0 N–H and O–H groups in total. The average molecular weight is 223 g/mol. The van der Waals surface area contributed by atoms with E-state index in [9.17, 15) is 0 Å². The van der Waals surface area contributed by atoms with Gasteiger partial charge in [-0.1, -0.05) is 18.2 Å². The predicted octanol–water partition coefficient (Wildman–Crippen LogP) is 4.65. The highest BCUT2D eigenvalue weighted by Crippen LogP contribution is 2.25. The summed E-state index contributed by atoms with van der Waals surface area (Å²) in [6.45, 7) is 11.0. The zero-order valence-corrected chi connectivity index (χ0v) is 9.90. The lowest BCUT2D eigenvalue weighted by Gasteiger charge is -2.07. The molecule has 0 atom stereocenters. The molecule has 0 aliphatic heterocycles. The van der Waals surface area contributed by atoms with Gasteiger partial charge in [0.1, 0.15) is 11.5 Å². The highest BCUT2D eigenvalue weighted by atomic mass is 16.5. The first-order chi connectivity index (χ1) is 8.19. The third-order valence-corrected chi connectivity index (χ3v) is 2.68. The van der Waals surface area contributed by atoms with Crippen molar-refractivity contribution < 1.29 is 4.74 Å². The van der Waals surface area contributed by atoms with Crippen LogP contribution in [0.2, 0.25) is 0 Å². The number of hydrogen-bond donors (Lipinski definition) is 0. The van der Waals surface area contributed by atoms with Gasteiger partial charge in [-0.2, -0.15) is 0 Å². The van der Waals surface area contributed by atoms with Gasteiger partial charge in [0.2, 0.25) is 0 Å². The zero-order valence-electron chi connectivity index (χ0n) is 9.90. The molecule has 0 saturated heterocycles. The van der Waals surface area contributed by atoms with Crippen molar-refractivity contribution in [1.82, 2.24) is 0 Å². The van der Waals surface area contributed by atoms with Crippen molar-refractivity contribution in [2.24, 2.45) is 0 Å². The molecule has 17 heavy (non-hydrogen) atoms. The SMILES string of the molecule is [C-]#[N+]c1ccc(Oc2ccc(C)c(C)c2)cc1. The monoisotopic (exact) mass is 223 g/mol. The maximum absolute atomic E-state index is 6.87. The smallest absolute Gasteiger partial charge is 0.187 e. The summed E-state index contributed by atoms with van der Waals surface area (Å²) in [4.78, 5) is 3.34. The Bertz CT molecular complexity index is 564. The Morgan fingerprint density at radius 1 is 0.882 bits per heavy atom. The molecule has 84 valence electrons. The van der Waals surface area contributed by atoms with E-state index in [0.717, 1.165) is 11.5 Å². The normalized spacial score (nSPS) is 9.71. The van der Waals surface area contributed by atoms with Gasteiger partial charge in [-0.15, -0.1) is 0 Å². The molecule has 0 amide bonds. The van der Waals surface area contributed by atoms with Crippen LogP contribution < -0.4 is 4.74 Å². The van der Waals surface area contributed by atoms with Crippen LogP contribution in [-0.4, -0.2) is 0 Å². The van der Waals surface area contributed by atoms with Crippen molar-refractivity contribution in [2.45, 2.75) is 13.8 Å². The van der Waals surface area contributed by atoms with Gasteiger partial charge in [-0.05, 0) is 49.2 Å². The molecule has 0 aromatic heterocycles. The quantitative estimate of drug-likeness (QED) is 0.676. The standard InChI is InChI=1S/C15H13NO/c1-11-4-7-15(10-12(11)2)17-14-8-5-13(16-3)6-9-14/h4-10H,1-2H3.